The Bertz CT molecular complexity index is 533. The molecule has 1 heterocycles. The molecule has 0 radical (unpaired) electrons. The molecule has 3 N–H and O–H groups in total. The quantitative estimate of drug-likeness (QED) is 0.627. The van der Waals surface area contributed by atoms with Crippen LogP contribution < -0.4 is 16.0 Å². The smallest absolute Gasteiger partial charge is 0.239 e. The highest BCUT2D eigenvalue weighted by molar-refractivity contribution is 5.35. The maximum Gasteiger partial charge on any atom is 0.239 e. The number of nitrogens with zero attached hydrogens (tertiary/aromatic N) is 2. The van der Waals surface area contributed by atoms with E-state index in [1.165, 1.54) is 18.5 Å². The van der Waals surface area contributed by atoms with E-state index in [-0.39, 0.29) is 11.6 Å². The van der Waals surface area contributed by atoms with Gasteiger partial charge in [0.05, 0.1) is 12.4 Å². The minimum absolute atomic E-state index is 0.105. The molecule has 2 aromatic rings. The Hall–Kier alpha value is -2.21. The Morgan fingerprint density at radius 1 is 1.35 bits per heavy atom. The highest BCUT2D eigenvalue weighted by Gasteiger charge is 2.08. The van der Waals surface area contributed by atoms with Crippen molar-refractivity contribution in [2.45, 2.75) is 6.92 Å². The van der Waals surface area contributed by atoms with Crippen molar-refractivity contribution >= 4 is 5.82 Å². The number of hydrogen-bond acceptors (Lipinski definition) is 5. The van der Waals surface area contributed by atoms with Gasteiger partial charge in [-0.05, 0) is 18.6 Å². The number of aromatic nitrogens is 2. The van der Waals surface area contributed by atoms with Crippen LogP contribution in [0.5, 0.6) is 11.6 Å². The number of nitrogen functional groups attached to an aromatic ring is 1. The van der Waals surface area contributed by atoms with Gasteiger partial charge in [0.2, 0.25) is 5.88 Å². The van der Waals surface area contributed by atoms with Crippen LogP contribution in [0.25, 0.3) is 0 Å². The second-order valence-electron chi connectivity index (χ2n) is 3.38. The third-order valence-corrected chi connectivity index (χ3v) is 2.13. The van der Waals surface area contributed by atoms with Crippen LogP contribution in [-0.4, -0.2) is 9.97 Å². The lowest BCUT2D eigenvalue weighted by Gasteiger charge is -2.07. The standard InChI is InChI=1S/C11H11FN4O/c1-7-3-2-4-8(11(7)12)17-10-6-14-5-9(15-10)16-13/h2-6H,13H2,1H3,(H,15,16). The molecule has 0 amide bonds. The molecule has 88 valence electrons. The van der Waals surface area contributed by atoms with Crippen LogP contribution >= 0.6 is 0 Å². The fourth-order valence-corrected chi connectivity index (χ4v) is 1.28. The molecule has 0 unspecified atom stereocenters. The summed E-state index contributed by atoms with van der Waals surface area (Å²) in [6.07, 6.45) is 2.81. The molecule has 1 aromatic carbocycles. The van der Waals surface area contributed by atoms with E-state index >= 15 is 0 Å². The van der Waals surface area contributed by atoms with E-state index in [0.717, 1.165) is 0 Å². The van der Waals surface area contributed by atoms with Gasteiger partial charge in [-0.25, -0.2) is 10.2 Å². The molecule has 5 nitrogen and oxygen atoms in total. The normalized spacial score (nSPS) is 10.1. The number of rotatable bonds is 3. The lowest BCUT2D eigenvalue weighted by Crippen LogP contribution is -2.09. The summed E-state index contributed by atoms with van der Waals surface area (Å²) in [6.45, 7) is 1.66. The average Bonchev–Trinajstić information content (AvgIpc) is 2.35. The van der Waals surface area contributed by atoms with E-state index in [9.17, 15) is 4.39 Å². The summed E-state index contributed by atoms with van der Waals surface area (Å²) in [4.78, 5) is 7.82. The molecule has 0 bridgehead atoms. The van der Waals surface area contributed by atoms with E-state index < -0.39 is 5.82 Å². The number of nitrogens with one attached hydrogen (secondary N) is 1. The largest absolute Gasteiger partial charge is 0.434 e. The first-order valence-electron chi connectivity index (χ1n) is 4.92. The van der Waals surface area contributed by atoms with E-state index in [2.05, 4.69) is 15.4 Å². The number of hydrogen-bond donors (Lipinski definition) is 2. The summed E-state index contributed by atoms with van der Waals surface area (Å²) in [5.41, 5.74) is 2.84. The maximum atomic E-state index is 13.7. The van der Waals surface area contributed by atoms with E-state index in [0.29, 0.717) is 11.4 Å². The van der Waals surface area contributed by atoms with Crippen LogP contribution in [0.4, 0.5) is 10.2 Å². The van der Waals surface area contributed by atoms with E-state index in [1.807, 2.05) is 0 Å². The number of ether oxygens (including phenoxy) is 1. The van der Waals surface area contributed by atoms with E-state index in [4.69, 9.17) is 10.6 Å². The highest BCUT2D eigenvalue weighted by atomic mass is 19.1. The number of hydrazine groups is 1. The van der Waals surface area contributed by atoms with Gasteiger partial charge in [0, 0.05) is 0 Å². The summed E-state index contributed by atoms with van der Waals surface area (Å²) >= 11 is 0. The minimum atomic E-state index is -0.416. The summed E-state index contributed by atoms with van der Waals surface area (Å²) in [5, 5.41) is 0. The number of aryl methyl sites for hydroxylation is 1. The van der Waals surface area contributed by atoms with Crippen molar-refractivity contribution in [2.75, 3.05) is 5.43 Å². The van der Waals surface area contributed by atoms with Gasteiger partial charge < -0.3 is 10.2 Å². The van der Waals surface area contributed by atoms with Crippen LogP contribution in [-0.2, 0) is 0 Å². The second kappa shape index (κ2) is 4.75. The number of benzene rings is 1. The third kappa shape index (κ3) is 2.48. The summed E-state index contributed by atoms with van der Waals surface area (Å²) in [6, 6.07) is 4.88. The second-order valence-corrected chi connectivity index (χ2v) is 3.38. The third-order valence-electron chi connectivity index (χ3n) is 2.13. The van der Waals surface area contributed by atoms with Gasteiger partial charge in [-0.1, -0.05) is 12.1 Å². The van der Waals surface area contributed by atoms with Crippen molar-refractivity contribution in [3.05, 3.63) is 42.0 Å². The molecule has 0 spiro atoms. The maximum absolute atomic E-state index is 13.7. The molecule has 2 rings (SSSR count). The van der Waals surface area contributed by atoms with Crippen LogP contribution in [0.2, 0.25) is 0 Å². The van der Waals surface area contributed by atoms with Crippen molar-refractivity contribution in [1.82, 2.24) is 9.97 Å². The van der Waals surface area contributed by atoms with Gasteiger partial charge in [-0.3, -0.25) is 4.98 Å². The van der Waals surface area contributed by atoms with E-state index in [1.54, 1.807) is 19.1 Å². The Morgan fingerprint density at radius 2 is 2.18 bits per heavy atom. The summed E-state index contributed by atoms with van der Waals surface area (Å²) in [7, 11) is 0. The molecule has 6 heteroatoms. The van der Waals surface area contributed by atoms with Gasteiger partial charge in [0.25, 0.3) is 0 Å². The lowest BCUT2D eigenvalue weighted by atomic mass is 10.2. The Kier molecular flexibility index (Phi) is 3.15. The van der Waals surface area contributed by atoms with Gasteiger partial charge in [-0.15, -0.1) is 0 Å². The van der Waals surface area contributed by atoms with Crippen molar-refractivity contribution < 1.29 is 9.13 Å². The van der Waals surface area contributed by atoms with Crippen LogP contribution in [0.15, 0.2) is 30.6 Å². The molecule has 0 atom stereocenters. The lowest BCUT2D eigenvalue weighted by molar-refractivity contribution is 0.424. The molecule has 0 aliphatic heterocycles. The molecule has 0 saturated carbocycles. The molecule has 0 saturated heterocycles. The predicted molar refractivity (Wildman–Crippen MR) is 61.1 cm³/mol. The summed E-state index contributed by atoms with van der Waals surface area (Å²) < 4.78 is 18.9. The predicted octanol–water partition coefficient (Wildman–Crippen LogP) is 2.00. The van der Waals surface area contributed by atoms with Gasteiger partial charge >= 0.3 is 0 Å². The van der Waals surface area contributed by atoms with Crippen molar-refractivity contribution in [3.63, 3.8) is 0 Å². The van der Waals surface area contributed by atoms with Crippen molar-refractivity contribution in [2.24, 2.45) is 5.84 Å². The number of anilines is 1. The molecule has 0 fully saturated rings. The Balaban J connectivity index is 2.28. The topological polar surface area (TPSA) is 73.1 Å². The fraction of sp³-hybridized carbons (Fsp3) is 0.0909. The molecular weight excluding hydrogens is 223 g/mol. The fourth-order valence-electron chi connectivity index (χ4n) is 1.28. The van der Waals surface area contributed by atoms with Crippen molar-refractivity contribution in [3.8, 4) is 11.6 Å². The number of nitrogens with two attached hydrogens (primary N) is 1. The Morgan fingerprint density at radius 3 is 2.94 bits per heavy atom. The van der Waals surface area contributed by atoms with Gasteiger partial charge in [0.1, 0.15) is 0 Å². The highest BCUT2D eigenvalue weighted by Crippen LogP contribution is 2.24. The van der Waals surface area contributed by atoms with Gasteiger partial charge in [-0.2, -0.15) is 4.98 Å². The first kappa shape index (κ1) is 11.3. The first-order valence-corrected chi connectivity index (χ1v) is 4.92. The van der Waals surface area contributed by atoms with Gasteiger partial charge in [0.15, 0.2) is 17.4 Å². The first-order chi connectivity index (χ1) is 8.20. The minimum Gasteiger partial charge on any atom is -0.434 e. The van der Waals surface area contributed by atoms with Crippen LogP contribution in [0, 0.1) is 12.7 Å². The molecular formula is C11H11FN4O. The zero-order chi connectivity index (χ0) is 12.3. The molecule has 17 heavy (non-hydrogen) atoms. The van der Waals surface area contributed by atoms with Crippen LogP contribution in [0.1, 0.15) is 5.56 Å². The van der Waals surface area contributed by atoms with Crippen LogP contribution in [0.3, 0.4) is 0 Å². The van der Waals surface area contributed by atoms with Crippen molar-refractivity contribution in [1.29, 1.82) is 0 Å². The molecule has 0 aliphatic carbocycles. The summed E-state index contributed by atoms with van der Waals surface area (Å²) in [5.74, 6) is 5.39. The Labute approximate surface area is 97.4 Å². The molecule has 1 aromatic heterocycles. The zero-order valence-electron chi connectivity index (χ0n) is 9.14. The molecule has 0 aliphatic rings. The average molecular weight is 234 g/mol. The SMILES string of the molecule is Cc1cccc(Oc2cncc(NN)n2)c1F. The monoisotopic (exact) mass is 234 g/mol. The number of halogens is 1. The zero-order valence-corrected chi connectivity index (χ0v) is 9.14.